The first-order valence-corrected chi connectivity index (χ1v) is 10.9. The number of nitrogens with one attached hydrogen (secondary N) is 1. The molecule has 2 saturated heterocycles. The molecule has 162 valence electrons. The van der Waals surface area contributed by atoms with Gasteiger partial charge >= 0.3 is 0 Å². The van der Waals surface area contributed by atoms with Crippen molar-refractivity contribution in [3.63, 3.8) is 0 Å². The van der Waals surface area contributed by atoms with Crippen molar-refractivity contribution >= 4 is 28.4 Å². The van der Waals surface area contributed by atoms with E-state index in [1.54, 1.807) is 0 Å². The number of anilines is 2. The molecule has 0 radical (unpaired) electrons. The molecule has 2 aliphatic heterocycles. The molecule has 31 heavy (non-hydrogen) atoms. The first-order valence-electron chi connectivity index (χ1n) is 10.9. The molecule has 0 aliphatic carbocycles. The topological polar surface area (TPSA) is 77.6 Å². The van der Waals surface area contributed by atoms with Crippen molar-refractivity contribution in [1.82, 2.24) is 19.9 Å². The van der Waals surface area contributed by atoms with Crippen LogP contribution in [0.25, 0.3) is 10.9 Å². The predicted octanol–water partition coefficient (Wildman–Crippen LogP) is 1.99. The Morgan fingerprint density at radius 3 is 2.42 bits per heavy atom. The van der Waals surface area contributed by atoms with Gasteiger partial charge in [0.1, 0.15) is 17.5 Å². The maximum absolute atomic E-state index is 12.9. The SMILES string of the molecule is Cc1nc(N2CCOCC2)cc(N2CCN(C(=O)Cc3c[nH]c4ccccc34)CC2)n1. The molecular formula is C23H28N6O2. The second-order valence-corrected chi connectivity index (χ2v) is 8.14. The van der Waals surface area contributed by atoms with Gasteiger partial charge in [0.15, 0.2) is 0 Å². The van der Waals surface area contributed by atoms with E-state index in [2.05, 4.69) is 36.9 Å². The number of amides is 1. The number of ether oxygens (including phenoxy) is 1. The maximum Gasteiger partial charge on any atom is 0.227 e. The molecule has 0 bridgehead atoms. The third kappa shape index (κ3) is 4.20. The van der Waals surface area contributed by atoms with E-state index in [-0.39, 0.29) is 5.91 Å². The number of fused-ring (bicyclic) bond motifs is 1. The number of nitrogens with zero attached hydrogens (tertiary/aromatic N) is 5. The van der Waals surface area contributed by atoms with Crippen LogP contribution in [0.5, 0.6) is 0 Å². The average molecular weight is 421 g/mol. The summed E-state index contributed by atoms with van der Waals surface area (Å²) < 4.78 is 5.46. The summed E-state index contributed by atoms with van der Waals surface area (Å²) in [7, 11) is 0. The lowest BCUT2D eigenvalue weighted by atomic mass is 10.1. The fourth-order valence-electron chi connectivity index (χ4n) is 4.39. The molecule has 4 heterocycles. The fourth-order valence-corrected chi connectivity index (χ4v) is 4.39. The number of hydrogen-bond acceptors (Lipinski definition) is 6. The van der Waals surface area contributed by atoms with Crippen LogP contribution in [0.2, 0.25) is 0 Å². The van der Waals surface area contributed by atoms with Crippen LogP contribution in [0.15, 0.2) is 36.5 Å². The highest BCUT2D eigenvalue weighted by Crippen LogP contribution is 2.22. The van der Waals surface area contributed by atoms with Gasteiger partial charge < -0.3 is 24.4 Å². The summed E-state index contributed by atoms with van der Waals surface area (Å²) in [6.07, 6.45) is 2.38. The summed E-state index contributed by atoms with van der Waals surface area (Å²) in [4.78, 5) is 31.9. The third-order valence-corrected chi connectivity index (χ3v) is 6.12. The summed E-state index contributed by atoms with van der Waals surface area (Å²) in [6, 6.07) is 10.2. The first kappa shape index (κ1) is 19.8. The third-order valence-electron chi connectivity index (χ3n) is 6.12. The number of benzene rings is 1. The zero-order valence-corrected chi connectivity index (χ0v) is 17.9. The Labute approximate surface area is 181 Å². The van der Waals surface area contributed by atoms with Crippen LogP contribution in [0.4, 0.5) is 11.6 Å². The average Bonchev–Trinajstić information content (AvgIpc) is 3.22. The molecule has 2 aliphatic rings. The number of carbonyl (C=O) groups excluding carboxylic acids is 1. The molecule has 2 aromatic heterocycles. The van der Waals surface area contributed by atoms with Gasteiger partial charge in [-0.2, -0.15) is 0 Å². The second-order valence-electron chi connectivity index (χ2n) is 8.14. The second kappa shape index (κ2) is 8.55. The summed E-state index contributed by atoms with van der Waals surface area (Å²) in [6.45, 7) is 8.07. The zero-order chi connectivity index (χ0) is 21.2. The summed E-state index contributed by atoms with van der Waals surface area (Å²) in [5.41, 5.74) is 2.13. The van der Waals surface area contributed by atoms with Crippen LogP contribution in [0.3, 0.4) is 0 Å². The van der Waals surface area contributed by atoms with E-state index in [0.717, 1.165) is 73.3 Å². The van der Waals surface area contributed by atoms with Crippen molar-refractivity contribution in [3.05, 3.63) is 47.9 Å². The molecule has 8 nitrogen and oxygen atoms in total. The van der Waals surface area contributed by atoms with E-state index in [4.69, 9.17) is 4.74 Å². The molecule has 3 aromatic rings. The molecule has 5 rings (SSSR count). The van der Waals surface area contributed by atoms with Gasteiger partial charge in [-0.3, -0.25) is 4.79 Å². The molecular weight excluding hydrogens is 392 g/mol. The summed E-state index contributed by atoms with van der Waals surface area (Å²) in [5, 5.41) is 1.13. The van der Waals surface area contributed by atoms with Gasteiger partial charge in [0.25, 0.3) is 0 Å². The number of aromatic nitrogens is 3. The van der Waals surface area contributed by atoms with E-state index in [9.17, 15) is 4.79 Å². The highest BCUT2D eigenvalue weighted by molar-refractivity contribution is 5.89. The van der Waals surface area contributed by atoms with Gasteiger partial charge in [-0.1, -0.05) is 18.2 Å². The van der Waals surface area contributed by atoms with E-state index >= 15 is 0 Å². The number of hydrogen-bond donors (Lipinski definition) is 1. The van der Waals surface area contributed by atoms with Gasteiger partial charge in [0.2, 0.25) is 5.91 Å². The van der Waals surface area contributed by atoms with E-state index in [1.807, 2.05) is 36.2 Å². The fraction of sp³-hybridized carbons (Fsp3) is 0.435. The predicted molar refractivity (Wildman–Crippen MR) is 121 cm³/mol. The molecule has 0 spiro atoms. The zero-order valence-electron chi connectivity index (χ0n) is 17.9. The number of morpholine rings is 1. The van der Waals surface area contributed by atoms with E-state index in [0.29, 0.717) is 19.5 Å². The van der Waals surface area contributed by atoms with Crippen molar-refractivity contribution in [3.8, 4) is 0 Å². The molecule has 0 unspecified atom stereocenters. The van der Waals surface area contributed by atoms with E-state index in [1.165, 1.54) is 0 Å². The Kier molecular flexibility index (Phi) is 5.46. The number of rotatable bonds is 4. The number of H-pyrrole nitrogens is 1. The van der Waals surface area contributed by atoms with Gasteiger partial charge in [0, 0.05) is 62.4 Å². The molecule has 8 heteroatoms. The Morgan fingerprint density at radius 2 is 1.68 bits per heavy atom. The van der Waals surface area contributed by atoms with Gasteiger partial charge in [0.05, 0.1) is 19.6 Å². The molecule has 0 atom stereocenters. The lowest BCUT2D eigenvalue weighted by Crippen LogP contribution is -2.49. The molecule has 1 N–H and O–H groups in total. The van der Waals surface area contributed by atoms with Crippen molar-refractivity contribution < 1.29 is 9.53 Å². The molecule has 1 aromatic carbocycles. The smallest absolute Gasteiger partial charge is 0.227 e. The minimum absolute atomic E-state index is 0.178. The Hall–Kier alpha value is -3.13. The van der Waals surface area contributed by atoms with Crippen molar-refractivity contribution in [2.24, 2.45) is 0 Å². The Morgan fingerprint density at radius 1 is 1.00 bits per heavy atom. The minimum atomic E-state index is 0.178. The molecule has 1 amide bonds. The number of aryl methyl sites for hydroxylation is 1. The maximum atomic E-state index is 12.9. The van der Waals surface area contributed by atoms with Gasteiger partial charge in [-0.05, 0) is 18.6 Å². The Bertz CT molecular complexity index is 1070. The van der Waals surface area contributed by atoms with Gasteiger partial charge in [-0.15, -0.1) is 0 Å². The number of piperazine rings is 1. The number of para-hydroxylation sites is 1. The van der Waals surface area contributed by atoms with Gasteiger partial charge in [-0.25, -0.2) is 9.97 Å². The van der Waals surface area contributed by atoms with Crippen LogP contribution < -0.4 is 9.80 Å². The summed E-state index contributed by atoms with van der Waals surface area (Å²) in [5.74, 6) is 2.86. The number of aromatic amines is 1. The highest BCUT2D eigenvalue weighted by atomic mass is 16.5. The van der Waals surface area contributed by atoms with Crippen LogP contribution >= 0.6 is 0 Å². The highest BCUT2D eigenvalue weighted by Gasteiger charge is 2.24. The van der Waals surface area contributed by atoms with Crippen molar-refractivity contribution in [1.29, 1.82) is 0 Å². The Balaban J connectivity index is 1.23. The molecule has 2 fully saturated rings. The first-order chi connectivity index (χ1) is 15.2. The molecule has 0 saturated carbocycles. The lowest BCUT2D eigenvalue weighted by Gasteiger charge is -2.36. The van der Waals surface area contributed by atoms with Crippen LogP contribution in [0, 0.1) is 6.92 Å². The lowest BCUT2D eigenvalue weighted by molar-refractivity contribution is -0.130. The standard InChI is InChI=1S/C23H28N6O2/c1-17-25-21(15-22(26-17)28-10-12-31-13-11-28)27-6-8-29(9-7-27)23(30)14-18-16-24-20-5-3-2-4-19(18)20/h2-5,15-16,24H,6-14H2,1H3. The largest absolute Gasteiger partial charge is 0.378 e. The van der Waals surface area contributed by atoms with Crippen molar-refractivity contribution in [2.75, 3.05) is 62.3 Å². The quantitative estimate of drug-likeness (QED) is 0.696. The normalized spacial score (nSPS) is 17.4. The van der Waals surface area contributed by atoms with E-state index < -0.39 is 0 Å². The van der Waals surface area contributed by atoms with Crippen LogP contribution in [-0.2, 0) is 16.0 Å². The minimum Gasteiger partial charge on any atom is -0.378 e. The monoisotopic (exact) mass is 420 g/mol. The summed E-state index contributed by atoms with van der Waals surface area (Å²) >= 11 is 0. The van der Waals surface area contributed by atoms with Crippen molar-refractivity contribution in [2.45, 2.75) is 13.3 Å². The van der Waals surface area contributed by atoms with Crippen LogP contribution in [0.1, 0.15) is 11.4 Å². The number of carbonyl (C=O) groups is 1. The van der Waals surface area contributed by atoms with Crippen LogP contribution in [-0.4, -0.2) is 78.2 Å².